The smallest absolute Gasteiger partial charge is 0.122 e. The van der Waals surface area contributed by atoms with Crippen LogP contribution in [0.1, 0.15) is 38.4 Å². The molecule has 0 bridgehead atoms. The fraction of sp³-hybridized carbons (Fsp3) is 0.786. The lowest BCUT2D eigenvalue weighted by atomic mass is 9.96. The molecule has 1 aliphatic rings. The van der Waals surface area contributed by atoms with Crippen molar-refractivity contribution in [1.82, 2.24) is 14.5 Å². The Morgan fingerprint density at radius 1 is 1.39 bits per heavy atom. The molecule has 2 rings (SSSR count). The lowest BCUT2D eigenvalue weighted by molar-refractivity contribution is 0.207. The van der Waals surface area contributed by atoms with Crippen molar-refractivity contribution in [2.24, 2.45) is 11.7 Å². The molecule has 2 N–H and O–H groups in total. The first kappa shape index (κ1) is 13.6. The predicted octanol–water partition coefficient (Wildman–Crippen LogP) is 1.85. The summed E-state index contributed by atoms with van der Waals surface area (Å²) in [5, 5.41) is 0. The number of rotatable bonds is 7. The monoisotopic (exact) mass is 250 g/mol. The SMILES string of the molecule is CCC(CCN)CCCN1CCn2ccnc2C1. The average molecular weight is 250 g/mol. The van der Waals surface area contributed by atoms with E-state index in [-0.39, 0.29) is 0 Å². The minimum absolute atomic E-state index is 0.821. The van der Waals surface area contributed by atoms with Gasteiger partial charge < -0.3 is 10.3 Å². The average Bonchev–Trinajstić information content (AvgIpc) is 2.85. The third kappa shape index (κ3) is 3.56. The summed E-state index contributed by atoms with van der Waals surface area (Å²) in [6.07, 6.45) is 9.05. The summed E-state index contributed by atoms with van der Waals surface area (Å²) in [5.74, 6) is 2.04. The van der Waals surface area contributed by atoms with Crippen LogP contribution in [0.4, 0.5) is 0 Å². The fourth-order valence-electron chi connectivity index (χ4n) is 2.81. The largest absolute Gasteiger partial charge is 0.333 e. The van der Waals surface area contributed by atoms with Crippen LogP contribution in [0.25, 0.3) is 0 Å². The second kappa shape index (κ2) is 6.90. The van der Waals surface area contributed by atoms with Crippen LogP contribution < -0.4 is 5.73 Å². The van der Waals surface area contributed by atoms with Crippen molar-refractivity contribution in [3.05, 3.63) is 18.2 Å². The van der Waals surface area contributed by atoms with Gasteiger partial charge in [-0.2, -0.15) is 0 Å². The van der Waals surface area contributed by atoms with Gasteiger partial charge >= 0.3 is 0 Å². The molecule has 1 aliphatic heterocycles. The predicted molar refractivity (Wildman–Crippen MR) is 74.2 cm³/mol. The van der Waals surface area contributed by atoms with E-state index in [1.54, 1.807) is 0 Å². The third-order valence-electron chi connectivity index (χ3n) is 4.06. The van der Waals surface area contributed by atoms with E-state index in [1.165, 1.54) is 38.1 Å². The van der Waals surface area contributed by atoms with Gasteiger partial charge in [0.2, 0.25) is 0 Å². The van der Waals surface area contributed by atoms with E-state index >= 15 is 0 Å². The first-order valence-corrected chi connectivity index (χ1v) is 7.26. The Morgan fingerprint density at radius 2 is 2.28 bits per heavy atom. The highest BCUT2D eigenvalue weighted by molar-refractivity contribution is 4.95. The zero-order chi connectivity index (χ0) is 12.8. The molecule has 0 saturated carbocycles. The first-order chi connectivity index (χ1) is 8.83. The lowest BCUT2D eigenvalue weighted by Crippen LogP contribution is -2.34. The van der Waals surface area contributed by atoms with Gasteiger partial charge in [-0.25, -0.2) is 4.98 Å². The molecule has 0 amide bonds. The zero-order valence-electron chi connectivity index (χ0n) is 11.5. The molecular formula is C14H26N4. The number of imidazole rings is 1. The maximum Gasteiger partial charge on any atom is 0.122 e. The number of hydrogen-bond acceptors (Lipinski definition) is 3. The van der Waals surface area contributed by atoms with E-state index in [9.17, 15) is 0 Å². The van der Waals surface area contributed by atoms with Gasteiger partial charge in [0.15, 0.2) is 0 Å². The van der Waals surface area contributed by atoms with Gasteiger partial charge in [-0.05, 0) is 38.3 Å². The molecule has 4 nitrogen and oxygen atoms in total. The first-order valence-electron chi connectivity index (χ1n) is 7.26. The van der Waals surface area contributed by atoms with Gasteiger partial charge in [0.25, 0.3) is 0 Å². The fourth-order valence-corrected chi connectivity index (χ4v) is 2.81. The van der Waals surface area contributed by atoms with Gasteiger partial charge in [-0.15, -0.1) is 0 Å². The van der Waals surface area contributed by atoms with E-state index in [2.05, 4.69) is 27.6 Å². The summed E-state index contributed by atoms with van der Waals surface area (Å²) in [4.78, 5) is 6.93. The van der Waals surface area contributed by atoms with Crippen molar-refractivity contribution >= 4 is 0 Å². The Kier molecular flexibility index (Phi) is 5.20. The van der Waals surface area contributed by atoms with Gasteiger partial charge in [0.05, 0.1) is 6.54 Å². The van der Waals surface area contributed by atoms with E-state index < -0.39 is 0 Å². The molecule has 2 heterocycles. The van der Waals surface area contributed by atoms with Crippen molar-refractivity contribution < 1.29 is 0 Å². The second-order valence-electron chi connectivity index (χ2n) is 5.31. The van der Waals surface area contributed by atoms with Crippen LogP contribution in [0.5, 0.6) is 0 Å². The topological polar surface area (TPSA) is 47.1 Å². The molecule has 0 fully saturated rings. The van der Waals surface area contributed by atoms with Crippen molar-refractivity contribution in [3.8, 4) is 0 Å². The maximum atomic E-state index is 5.64. The molecule has 1 atom stereocenters. The van der Waals surface area contributed by atoms with Crippen LogP contribution >= 0.6 is 0 Å². The van der Waals surface area contributed by atoms with E-state index in [0.717, 1.165) is 32.1 Å². The van der Waals surface area contributed by atoms with Crippen molar-refractivity contribution in [2.45, 2.75) is 45.7 Å². The van der Waals surface area contributed by atoms with Gasteiger partial charge in [0.1, 0.15) is 5.82 Å². The summed E-state index contributed by atoms with van der Waals surface area (Å²) in [5.41, 5.74) is 5.64. The molecule has 1 unspecified atom stereocenters. The number of nitrogens with zero attached hydrogens (tertiary/aromatic N) is 3. The van der Waals surface area contributed by atoms with Gasteiger partial charge in [0, 0.05) is 25.5 Å². The molecule has 1 aromatic rings. The van der Waals surface area contributed by atoms with Crippen molar-refractivity contribution in [3.63, 3.8) is 0 Å². The van der Waals surface area contributed by atoms with E-state index in [0.29, 0.717) is 0 Å². The van der Waals surface area contributed by atoms with E-state index in [4.69, 9.17) is 5.73 Å². The Labute approximate surface area is 110 Å². The molecule has 0 saturated heterocycles. The second-order valence-corrected chi connectivity index (χ2v) is 5.31. The highest BCUT2D eigenvalue weighted by Gasteiger charge is 2.16. The van der Waals surface area contributed by atoms with Crippen LogP contribution in [0.2, 0.25) is 0 Å². The van der Waals surface area contributed by atoms with Crippen molar-refractivity contribution in [1.29, 1.82) is 0 Å². The Hall–Kier alpha value is -0.870. The molecule has 0 aromatic carbocycles. The minimum Gasteiger partial charge on any atom is -0.333 e. The molecule has 0 radical (unpaired) electrons. The summed E-state index contributed by atoms with van der Waals surface area (Å²) >= 11 is 0. The van der Waals surface area contributed by atoms with Crippen LogP contribution in [0.15, 0.2) is 12.4 Å². The minimum atomic E-state index is 0.821. The summed E-state index contributed by atoms with van der Waals surface area (Å²) < 4.78 is 2.26. The van der Waals surface area contributed by atoms with Gasteiger partial charge in [-0.1, -0.05) is 13.3 Å². The molecule has 0 spiro atoms. The third-order valence-corrected chi connectivity index (χ3v) is 4.06. The normalized spacial score (nSPS) is 17.7. The van der Waals surface area contributed by atoms with Crippen LogP contribution in [0.3, 0.4) is 0 Å². The summed E-state index contributed by atoms with van der Waals surface area (Å²) in [6, 6.07) is 0. The highest BCUT2D eigenvalue weighted by Crippen LogP contribution is 2.16. The molecule has 102 valence electrons. The van der Waals surface area contributed by atoms with Gasteiger partial charge in [-0.3, -0.25) is 4.90 Å². The molecular weight excluding hydrogens is 224 g/mol. The number of hydrogen-bond donors (Lipinski definition) is 1. The molecule has 0 aliphatic carbocycles. The zero-order valence-corrected chi connectivity index (χ0v) is 11.5. The quantitative estimate of drug-likeness (QED) is 0.803. The molecule has 4 heteroatoms. The Morgan fingerprint density at radius 3 is 3.06 bits per heavy atom. The summed E-state index contributed by atoms with van der Waals surface area (Å²) in [6.45, 7) is 7.58. The van der Waals surface area contributed by atoms with Crippen LogP contribution in [0, 0.1) is 5.92 Å². The Bertz CT molecular complexity index is 347. The number of aromatic nitrogens is 2. The Balaban J connectivity index is 1.69. The van der Waals surface area contributed by atoms with Crippen LogP contribution in [-0.4, -0.2) is 34.1 Å². The number of nitrogens with two attached hydrogens (primary N) is 1. The highest BCUT2D eigenvalue weighted by atomic mass is 15.2. The van der Waals surface area contributed by atoms with E-state index in [1.807, 2.05) is 6.20 Å². The standard InChI is InChI=1S/C14H26N4/c1-2-13(5-6-15)4-3-8-17-10-11-18-9-7-16-14(18)12-17/h7,9,13H,2-6,8,10-12,15H2,1H3. The lowest BCUT2D eigenvalue weighted by Gasteiger charge is -2.28. The summed E-state index contributed by atoms with van der Waals surface area (Å²) in [7, 11) is 0. The molecule has 1 aromatic heterocycles. The van der Waals surface area contributed by atoms with Crippen molar-refractivity contribution in [2.75, 3.05) is 19.6 Å². The number of fused-ring (bicyclic) bond motifs is 1. The maximum absolute atomic E-state index is 5.64. The van der Waals surface area contributed by atoms with Crippen LogP contribution in [-0.2, 0) is 13.1 Å². The molecule has 18 heavy (non-hydrogen) atoms.